The van der Waals surface area contributed by atoms with Gasteiger partial charge >= 0.3 is 0 Å². The van der Waals surface area contributed by atoms with E-state index < -0.39 is 0 Å². The van der Waals surface area contributed by atoms with Gasteiger partial charge in [0, 0.05) is 13.0 Å². The van der Waals surface area contributed by atoms with Gasteiger partial charge < -0.3 is 9.73 Å². The van der Waals surface area contributed by atoms with Crippen LogP contribution in [0.4, 0.5) is 0 Å². The second-order valence-electron chi connectivity index (χ2n) is 3.25. The van der Waals surface area contributed by atoms with E-state index in [9.17, 15) is 4.79 Å². The molecule has 0 saturated carbocycles. The average Bonchev–Trinajstić information content (AvgIpc) is 2.61. The SMILES string of the molecule is C=C(C)CNC(=O)c1ccoc1CC. The van der Waals surface area contributed by atoms with Crippen LogP contribution >= 0.6 is 0 Å². The molecule has 0 spiro atoms. The molecule has 0 fully saturated rings. The summed E-state index contributed by atoms with van der Waals surface area (Å²) >= 11 is 0. The third-order valence-electron chi connectivity index (χ3n) is 1.86. The van der Waals surface area contributed by atoms with Crippen LogP contribution in [0.3, 0.4) is 0 Å². The van der Waals surface area contributed by atoms with Gasteiger partial charge in [0.05, 0.1) is 11.8 Å². The largest absolute Gasteiger partial charge is 0.469 e. The summed E-state index contributed by atoms with van der Waals surface area (Å²) in [7, 11) is 0. The second-order valence-corrected chi connectivity index (χ2v) is 3.25. The molecule has 1 aromatic rings. The molecule has 14 heavy (non-hydrogen) atoms. The molecule has 0 aromatic carbocycles. The minimum atomic E-state index is -0.0985. The fraction of sp³-hybridized carbons (Fsp3) is 0.364. The quantitative estimate of drug-likeness (QED) is 0.744. The first kappa shape index (κ1) is 10.6. The van der Waals surface area contributed by atoms with Crippen molar-refractivity contribution in [3.05, 3.63) is 35.8 Å². The molecule has 1 aromatic heterocycles. The summed E-state index contributed by atoms with van der Waals surface area (Å²) in [6.45, 7) is 8.04. The summed E-state index contributed by atoms with van der Waals surface area (Å²) in [5.41, 5.74) is 1.55. The van der Waals surface area contributed by atoms with Crippen molar-refractivity contribution in [2.75, 3.05) is 6.54 Å². The van der Waals surface area contributed by atoms with Gasteiger partial charge in [-0.15, -0.1) is 0 Å². The zero-order chi connectivity index (χ0) is 10.6. The summed E-state index contributed by atoms with van der Waals surface area (Å²) in [5.74, 6) is 0.628. The highest BCUT2D eigenvalue weighted by molar-refractivity contribution is 5.95. The predicted molar refractivity (Wildman–Crippen MR) is 55.2 cm³/mol. The van der Waals surface area contributed by atoms with E-state index in [1.165, 1.54) is 6.26 Å². The molecule has 0 saturated heterocycles. The van der Waals surface area contributed by atoms with Gasteiger partial charge in [0.2, 0.25) is 0 Å². The third-order valence-corrected chi connectivity index (χ3v) is 1.86. The minimum Gasteiger partial charge on any atom is -0.469 e. The second kappa shape index (κ2) is 4.65. The fourth-order valence-electron chi connectivity index (χ4n) is 1.14. The van der Waals surface area contributed by atoms with Crippen LogP contribution in [0.25, 0.3) is 0 Å². The van der Waals surface area contributed by atoms with Gasteiger partial charge in [-0.2, -0.15) is 0 Å². The topological polar surface area (TPSA) is 42.2 Å². The third kappa shape index (κ3) is 2.49. The van der Waals surface area contributed by atoms with Crippen LogP contribution in [0.5, 0.6) is 0 Å². The van der Waals surface area contributed by atoms with Crippen LogP contribution in [0, 0.1) is 0 Å². The highest BCUT2D eigenvalue weighted by atomic mass is 16.3. The van der Waals surface area contributed by atoms with E-state index in [0.717, 1.165) is 17.8 Å². The summed E-state index contributed by atoms with van der Waals surface area (Å²) in [4.78, 5) is 11.6. The molecule has 0 aliphatic carbocycles. The van der Waals surface area contributed by atoms with E-state index >= 15 is 0 Å². The van der Waals surface area contributed by atoms with Gasteiger partial charge in [0.1, 0.15) is 5.76 Å². The molecule has 0 bridgehead atoms. The molecular formula is C11H15NO2. The van der Waals surface area contributed by atoms with E-state index in [4.69, 9.17) is 4.42 Å². The number of nitrogens with one attached hydrogen (secondary N) is 1. The molecule has 0 unspecified atom stereocenters. The molecule has 3 nitrogen and oxygen atoms in total. The Hall–Kier alpha value is -1.51. The lowest BCUT2D eigenvalue weighted by Gasteiger charge is -2.03. The maximum atomic E-state index is 11.6. The molecular weight excluding hydrogens is 178 g/mol. The number of carbonyl (C=O) groups is 1. The lowest BCUT2D eigenvalue weighted by molar-refractivity contribution is 0.0955. The van der Waals surface area contributed by atoms with Gasteiger partial charge in [-0.3, -0.25) is 4.79 Å². The highest BCUT2D eigenvalue weighted by Crippen LogP contribution is 2.10. The Morgan fingerprint density at radius 1 is 1.64 bits per heavy atom. The Morgan fingerprint density at radius 3 is 2.93 bits per heavy atom. The number of hydrogen-bond donors (Lipinski definition) is 1. The van der Waals surface area contributed by atoms with Crippen molar-refractivity contribution in [1.82, 2.24) is 5.32 Å². The molecule has 1 rings (SSSR count). The normalized spacial score (nSPS) is 9.86. The molecule has 1 amide bonds. The number of carbonyl (C=O) groups excluding carboxylic acids is 1. The summed E-state index contributed by atoms with van der Waals surface area (Å²) in [6, 6.07) is 1.69. The molecule has 0 aliphatic rings. The van der Waals surface area contributed by atoms with Gasteiger partial charge in [0.15, 0.2) is 0 Å². The molecule has 1 heterocycles. The number of hydrogen-bond acceptors (Lipinski definition) is 2. The predicted octanol–water partition coefficient (Wildman–Crippen LogP) is 2.15. The summed E-state index contributed by atoms with van der Waals surface area (Å²) < 4.78 is 5.16. The van der Waals surface area contributed by atoms with E-state index in [2.05, 4.69) is 11.9 Å². The van der Waals surface area contributed by atoms with Crippen molar-refractivity contribution in [1.29, 1.82) is 0 Å². The molecule has 76 valence electrons. The number of furan rings is 1. The highest BCUT2D eigenvalue weighted by Gasteiger charge is 2.11. The Bertz CT molecular complexity index is 339. The van der Waals surface area contributed by atoms with Crippen molar-refractivity contribution in [2.45, 2.75) is 20.3 Å². The first-order chi connectivity index (χ1) is 6.65. The van der Waals surface area contributed by atoms with E-state index in [1.807, 2.05) is 13.8 Å². The molecule has 0 aliphatic heterocycles. The van der Waals surface area contributed by atoms with E-state index in [0.29, 0.717) is 12.1 Å². The number of rotatable bonds is 4. The van der Waals surface area contributed by atoms with Crippen molar-refractivity contribution in [3.8, 4) is 0 Å². The van der Waals surface area contributed by atoms with Crippen molar-refractivity contribution in [3.63, 3.8) is 0 Å². The van der Waals surface area contributed by atoms with Crippen LogP contribution in [0.1, 0.15) is 30.0 Å². The summed E-state index contributed by atoms with van der Waals surface area (Å²) in [6.07, 6.45) is 2.26. The standard InChI is InChI=1S/C11H15NO2/c1-4-10-9(5-6-14-10)11(13)12-7-8(2)3/h5-6H,2,4,7H2,1,3H3,(H,12,13). The van der Waals surface area contributed by atoms with E-state index in [-0.39, 0.29) is 5.91 Å². The van der Waals surface area contributed by atoms with Gasteiger partial charge in [-0.05, 0) is 13.0 Å². The minimum absolute atomic E-state index is 0.0985. The first-order valence-electron chi connectivity index (χ1n) is 4.64. The lowest BCUT2D eigenvalue weighted by atomic mass is 10.2. The smallest absolute Gasteiger partial charge is 0.255 e. The zero-order valence-corrected chi connectivity index (χ0v) is 8.59. The number of amides is 1. The molecule has 3 heteroatoms. The van der Waals surface area contributed by atoms with Crippen molar-refractivity contribution < 1.29 is 9.21 Å². The Kier molecular flexibility index (Phi) is 3.51. The average molecular weight is 193 g/mol. The van der Waals surface area contributed by atoms with Crippen molar-refractivity contribution in [2.24, 2.45) is 0 Å². The fourth-order valence-corrected chi connectivity index (χ4v) is 1.14. The van der Waals surface area contributed by atoms with Gasteiger partial charge in [-0.1, -0.05) is 19.1 Å². The van der Waals surface area contributed by atoms with Crippen LogP contribution in [-0.4, -0.2) is 12.5 Å². The van der Waals surface area contributed by atoms with Crippen LogP contribution in [0.2, 0.25) is 0 Å². The Morgan fingerprint density at radius 2 is 2.36 bits per heavy atom. The maximum absolute atomic E-state index is 11.6. The lowest BCUT2D eigenvalue weighted by Crippen LogP contribution is -2.25. The number of aryl methyl sites for hydroxylation is 1. The first-order valence-corrected chi connectivity index (χ1v) is 4.64. The van der Waals surface area contributed by atoms with Crippen LogP contribution in [-0.2, 0) is 6.42 Å². The molecule has 0 radical (unpaired) electrons. The van der Waals surface area contributed by atoms with Crippen LogP contribution in [0.15, 0.2) is 28.9 Å². The van der Waals surface area contributed by atoms with Gasteiger partial charge in [0.25, 0.3) is 5.91 Å². The summed E-state index contributed by atoms with van der Waals surface area (Å²) in [5, 5.41) is 2.76. The van der Waals surface area contributed by atoms with E-state index in [1.54, 1.807) is 6.07 Å². The molecule has 0 atom stereocenters. The van der Waals surface area contributed by atoms with Gasteiger partial charge in [-0.25, -0.2) is 0 Å². The van der Waals surface area contributed by atoms with Crippen LogP contribution < -0.4 is 5.32 Å². The van der Waals surface area contributed by atoms with Crippen molar-refractivity contribution >= 4 is 5.91 Å². The zero-order valence-electron chi connectivity index (χ0n) is 8.59. The molecule has 1 N–H and O–H groups in total. The maximum Gasteiger partial charge on any atom is 0.255 e. The Balaban J connectivity index is 2.64. The monoisotopic (exact) mass is 193 g/mol. The Labute approximate surface area is 83.8 Å².